The van der Waals surface area contributed by atoms with Crippen LogP contribution in [-0.2, 0) is 12.0 Å². The number of rotatable bonds is 5. The van der Waals surface area contributed by atoms with Crippen molar-refractivity contribution in [2.45, 2.75) is 25.8 Å². The second kappa shape index (κ2) is 6.38. The van der Waals surface area contributed by atoms with Crippen LogP contribution in [0.1, 0.15) is 25.0 Å². The number of hydrogen-bond donors (Lipinski definition) is 1. The molecule has 0 aliphatic rings. The zero-order valence-corrected chi connectivity index (χ0v) is 12.5. The van der Waals surface area contributed by atoms with Crippen molar-refractivity contribution in [1.29, 1.82) is 0 Å². The lowest BCUT2D eigenvalue weighted by Crippen LogP contribution is -2.32. The fourth-order valence-electron chi connectivity index (χ4n) is 2.16. The molecule has 3 heteroatoms. The zero-order valence-electron chi connectivity index (χ0n) is 11.8. The van der Waals surface area contributed by atoms with E-state index in [0.29, 0.717) is 6.54 Å². The van der Waals surface area contributed by atoms with Crippen molar-refractivity contribution in [1.82, 2.24) is 5.32 Å². The maximum atomic E-state index is 13.3. The Bertz CT molecular complexity index is 566. The van der Waals surface area contributed by atoms with Gasteiger partial charge in [0.05, 0.1) is 5.02 Å². The molecule has 20 heavy (non-hydrogen) atoms. The van der Waals surface area contributed by atoms with Gasteiger partial charge in [0.1, 0.15) is 5.82 Å². The van der Waals surface area contributed by atoms with E-state index in [1.165, 1.54) is 11.6 Å². The average Bonchev–Trinajstić information content (AvgIpc) is 2.44. The summed E-state index contributed by atoms with van der Waals surface area (Å²) in [6, 6.07) is 15.3. The minimum absolute atomic E-state index is 0.0340. The molecular weight excluding hydrogens is 273 g/mol. The van der Waals surface area contributed by atoms with Crippen molar-refractivity contribution in [3.63, 3.8) is 0 Å². The first-order chi connectivity index (χ1) is 9.49. The Labute approximate surface area is 124 Å². The third-order valence-electron chi connectivity index (χ3n) is 3.44. The Balaban J connectivity index is 1.93. The van der Waals surface area contributed by atoms with E-state index in [4.69, 9.17) is 11.6 Å². The lowest BCUT2D eigenvalue weighted by molar-refractivity contribution is 0.468. The molecule has 0 saturated carbocycles. The first kappa shape index (κ1) is 15.0. The smallest absolute Gasteiger partial charge is 0.142 e. The van der Waals surface area contributed by atoms with E-state index in [1.807, 2.05) is 24.3 Å². The van der Waals surface area contributed by atoms with Crippen LogP contribution in [0.3, 0.4) is 0 Å². The molecule has 0 atom stereocenters. The summed E-state index contributed by atoms with van der Waals surface area (Å²) in [6.45, 7) is 5.83. The van der Waals surface area contributed by atoms with Crippen LogP contribution in [0, 0.1) is 5.82 Å². The summed E-state index contributed by atoms with van der Waals surface area (Å²) in [4.78, 5) is 0. The van der Waals surface area contributed by atoms with Crippen molar-refractivity contribution in [3.8, 4) is 0 Å². The minimum Gasteiger partial charge on any atom is -0.312 e. The van der Waals surface area contributed by atoms with Crippen molar-refractivity contribution in [2.24, 2.45) is 0 Å². The first-order valence-corrected chi connectivity index (χ1v) is 7.07. The molecule has 2 aromatic rings. The molecule has 0 saturated heterocycles. The van der Waals surface area contributed by atoms with Crippen LogP contribution in [0.4, 0.5) is 4.39 Å². The van der Waals surface area contributed by atoms with Crippen LogP contribution in [0.5, 0.6) is 0 Å². The Morgan fingerprint density at radius 2 is 1.80 bits per heavy atom. The molecule has 0 radical (unpaired) electrons. The van der Waals surface area contributed by atoms with E-state index in [2.05, 4.69) is 31.3 Å². The molecule has 0 fully saturated rings. The van der Waals surface area contributed by atoms with Crippen LogP contribution in [-0.4, -0.2) is 6.54 Å². The molecule has 0 aromatic heterocycles. The molecule has 106 valence electrons. The van der Waals surface area contributed by atoms with Gasteiger partial charge in [0.2, 0.25) is 0 Å². The SMILES string of the molecule is CC(C)(CNCc1ccc(Cl)c(F)c1)c1ccccc1. The summed E-state index contributed by atoms with van der Waals surface area (Å²) < 4.78 is 13.3. The largest absolute Gasteiger partial charge is 0.312 e. The predicted molar refractivity (Wildman–Crippen MR) is 82.6 cm³/mol. The standard InChI is InChI=1S/C17H19ClFN/c1-17(2,14-6-4-3-5-7-14)12-20-11-13-8-9-15(18)16(19)10-13/h3-10,20H,11-12H2,1-2H3. The van der Waals surface area contributed by atoms with Gasteiger partial charge in [0, 0.05) is 18.5 Å². The Morgan fingerprint density at radius 1 is 1.10 bits per heavy atom. The van der Waals surface area contributed by atoms with Crippen LogP contribution >= 0.6 is 11.6 Å². The molecule has 1 nitrogen and oxygen atoms in total. The summed E-state index contributed by atoms with van der Waals surface area (Å²) in [7, 11) is 0. The number of nitrogens with one attached hydrogen (secondary N) is 1. The van der Waals surface area contributed by atoms with Gasteiger partial charge in [-0.3, -0.25) is 0 Å². The van der Waals surface area contributed by atoms with Gasteiger partial charge in [0.25, 0.3) is 0 Å². The molecular formula is C17H19ClFN. The molecule has 1 N–H and O–H groups in total. The highest BCUT2D eigenvalue weighted by atomic mass is 35.5. The van der Waals surface area contributed by atoms with Gasteiger partial charge < -0.3 is 5.32 Å². The normalized spacial score (nSPS) is 11.6. The summed E-state index contributed by atoms with van der Waals surface area (Å²) in [5.74, 6) is -0.367. The van der Waals surface area contributed by atoms with E-state index in [-0.39, 0.29) is 16.3 Å². The van der Waals surface area contributed by atoms with Gasteiger partial charge in [-0.05, 0) is 23.3 Å². The highest BCUT2D eigenvalue weighted by Gasteiger charge is 2.19. The molecule has 2 rings (SSSR count). The van der Waals surface area contributed by atoms with E-state index in [9.17, 15) is 4.39 Å². The van der Waals surface area contributed by atoms with Crippen LogP contribution < -0.4 is 5.32 Å². The van der Waals surface area contributed by atoms with Gasteiger partial charge in [-0.2, -0.15) is 0 Å². The maximum absolute atomic E-state index is 13.3. The van der Waals surface area contributed by atoms with Crippen LogP contribution in [0.25, 0.3) is 0 Å². The highest BCUT2D eigenvalue weighted by Crippen LogP contribution is 2.22. The summed E-state index contributed by atoms with van der Waals surface area (Å²) in [5.41, 5.74) is 2.22. The first-order valence-electron chi connectivity index (χ1n) is 6.69. The van der Waals surface area contributed by atoms with E-state index in [0.717, 1.165) is 12.1 Å². The number of hydrogen-bond acceptors (Lipinski definition) is 1. The fourth-order valence-corrected chi connectivity index (χ4v) is 2.28. The molecule has 0 unspecified atom stereocenters. The van der Waals surface area contributed by atoms with E-state index in [1.54, 1.807) is 6.07 Å². The quantitative estimate of drug-likeness (QED) is 0.852. The van der Waals surface area contributed by atoms with Gasteiger partial charge in [-0.1, -0.05) is 61.8 Å². The molecule has 2 aromatic carbocycles. The maximum Gasteiger partial charge on any atom is 0.142 e. The van der Waals surface area contributed by atoms with Gasteiger partial charge in [0.15, 0.2) is 0 Å². The molecule has 0 amide bonds. The summed E-state index contributed by atoms with van der Waals surface area (Å²) in [5, 5.41) is 3.54. The lowest BCUT2D eigenvalue weighted by Gasteiger charge is -2.25. The van der Waals surface area contributed by atoms with Crippen molar-refractivity contribution >= 4 is 11.6 Å². The number of benzene rings is 2. The summed E-state index contributed by atoms with van der Waals surface area (Å²) in [6.07, 6.45) is 0. The second-order valence-electron chi connectivity index (χ2n) is 5.60. The highest BCUT2D eigenvalue weighted by molar-refractivity contribution is 6.30. The second-order valence-corrected chi connectivity index (χ2v) is 6.01. The van der Waals surface area contributed by atoms with E-state index < -0.39 is 0 Å². The van der Waals surface area contributed by atoms with Crippen molar-refractivity contribution in [3.05, 3.63) is 70.5 Å². The Kier molecular flexibility index (Phi) is 4.79. The molecule has 0 spiro atoms. The van der Waals surface area contributed by atoms with Gasteiger partial charge in [-0.15, -0.1) is 0 Å². The third-order valence-corrected chi connectivity index (χ3v) is 3.74. The lowest BCUT2D eigenvalue weighted by atomic mass is 9.84. The molecule has 0 aliphatic heterocycles. The van der Waals surface area contributed by atoms with E-state index >= 15 is 0 Å². The Morgan fingerprint density at radius 3 is 2.45 bits per heavy atom. The van der Waals surface area contributed by atoms with Crippen molar-refractivity contribution in [2.75, 3.05) is 6.54 Å². The average molecular weight is 292 g/mol. The predicted octanol–water partition coefficient (Wildman–Crippen LogP) is 4.55. The molecule has 0 heterocycles. The molecule has 0 aliphatic carbocycles. The topological polar surface area (TPSA) is 12.0 Å². The molecule has 0 bridgehead atoms. The minimum atomic E-state index is -0.367. The van der Waals surface area contributed by atoms with Crippen LogP contribution in [0.15, 0.2) is 48.5 Å². The number of halogens is 2. The van der Waals surface area contributed by atoms with Crippen molar-refractivity contribution < 1.29 is 4.39 Å². The van der Waals surface area contributed by atoms with Crippen LogP contribution in [0.2, 0.25) is 5.02 Å². The van der Waals surface area contributed by atoms with Gasteiger partial charge in [-0.25, -0.2) is 4.39 Å². The van der Waals surface area contributed by atoms with Gasteiger partial charge >= 0.3 is 0 Å². The fraction of sp³-hybridized carbons (Fsp3) is 0.294. The zero-order chi connectivity index (χ0) is 14.6. The monoisotopic (exact) mass is 291 g/mol. The third kappa shape index (κ3) is 3.81. The Hall–Kier alpha value is -1.38. The summed E-state index contributed by atoms with van der Waals surface area (Å²) >= 11 is 5.67.